The van der Waals surface area contributed by atoms with Gasteiger partial charge in [0.15, 0.2) is 6.10 Å². The summed E-state index contributed by atoms with van der Waals surface area (Å²) in [6, 6.07) is 14.7. The van der Waals surface area contributed by atoms with Crippen LogP contribution in [-0.4, -0.2) is 24.0 Å². The molecule has 7 nitrogen and oxygen atoms in total. The first-order valence-corrected chi connectivity index (χ1v) is 10.1. The molecule has 3 rings (SSSR count). The predicted octanol–water partition coefficient (Wildman–Crippen LogP) is 2.51. The number of hydrogen-bond donors (Lipinski definition) is 1. The Morgan fingerprint density at radius 2 is 1.81 bits per heavy atom. The number of hydrogen-bond acceptors (Lipinski definition) is 6. The average molecular weight is 422 g/mol. The lowest BCUT2D eigenvalue weighted by molar-refractivity contribution is -0.309. The average Bonchev–Trinajstić information content (AvgIpc) is 2.76. The fourth-order valence-electron chi connectivity index (χ4n) is 3.27. The van der Waals surface area contributed by atoms with Gasteiger partial charge in [-0.05, 0) is 36.1 Å². The molecule has 0 bridgehead atoms. The number of fused-ring (bicyclic) bond motifs is 1. The molecule has 0 unspecified atom stereocenters. The van der Waals surface area contributed by atoms with Crippen LogP contribution >= 0.6 is 0 Å². The number of carboxylic acid groups (broad SMARTS) is 1. The highest BCUT2D eigenvalue weighted by atomic mass is 16.5. The van der Waals surface area contributed by atoms with Gasteiger partial charge in [0.05, 0.1) is 12.0 Å². The van der Waals surface area contributed by atoms with E-state index in [1.807, 2.05) is 37.3 Å². The Balaban J connectivity index is 1.83. The zero-order valence-electron chi connectivity index (χ0n) is 17.6. The molecule has 162 valence electrons. The smallest absolute Gasteiger partial charge is 0.336 e. The van der Waals surface area contributed by atoms with Crippen molar-refractivity contribution in [1.29, 1.82) is 0 Å². The van der Waals surface area contributed by atoms with Gasteiger partial charge in [-0.15, -0.1) is 0 Å². The van der Waals surface area contributed by atoms with Crippen LogP contribution in [-0.2, 0) is 9.59 Å². The van der Waals surface area contributed by atoms with Crippen LogP contribution in [0.25, 0.3) is 22.1 Å². The molecule has 3 aromatic rings. The Morgan fingerprint density at radius 1 is 1.10 bits per heavy atom. The normalized spacial score (nSPS) is 13.9. The molecule has 0 aliphatic carbocycles. The Morgan fingerprint density at radius 3 is 2.45 bits per heavy atom. The highest BCUT2D eigenvalue weighted by molar-refractivity contribution is 5.94. The van der Waals surface area contributed by atoms with Gasteiger partial charge in [0.1, 0.15) is 11.3 Å². The van der Waals surface area contributed by atoms with Crippen molar-refractivity contribution < 1.29 is 23.8 Å². The maximum Gasteiger partial charge on any atom is 0.336 e. The second kappa shape index (κ2) is 9.47. The van der Waals surface area contributed by atoms with Crippen molar-refractivity contribution >= 4 is 22.8 Å². The molecule has 1 heterocycles. The zero-order valence-corrected chi connectivity index (χ0v) is 17.6. The highest BCUT2D eigenvalue weighted by Crippen LogP contribution is 2.29. The van der Waals surface area contributed by atoms with Crippen LogP contribution in [0.5, 0.6) is 5.75 Å². The summed E-state index contributed by atoms with van der Waals surface area (Å²) in [5.74, 6) is -1.88. The molecular formula is C24H24NO6-. The first-order valence-electron chi connectivity index (χ1n) is 10.1. The number of carbonyl (C=O) groups is 2. The fourth-order valence-corrected chi connectivity index (χ4v) is 3.27. The molecule has 3 atom stereocenters. The first kappa shape index (κ1) is 22.1. The summed E-state index contributed by atoms with van der Waals surface area (Å²) in [6.45, 7) is 5.07. The molecule has 1 amide bonds. The van der Waals surface area contributed by atoms with Gasteiger partial charge in [0.25, 0.3) is 5.91 Å². The zero-order chi connectivity index (χ0) is 22.5. The van der Waals surface area contributed by atoms with Crippen molar-refractivity contribution in [3.05, 3.63) is 65.0 Å². The third kappa shape index (κ3) is 5.12. The van der Waals surface area contributed by atoms with Crippen LogP contribution in [0.15, 0.2) is 63.8 Å². The Bertz CT molecular complexity index is 1140. The molecule has 0 fully saturated rings. The molecule has 1 N–H and O–H groups in total. The monoisotopic (exact) mass is 422 g/mol. The highest BCUT2D eigenvalue weighted by Gasteiger charge is 2.23. The third-order valence-corrected chi connectivity index (χ3v) is 5.25. The SMILES string of the molecule is CC[C@H](C)[C@@H](NC(=O)[C@H](C)Oc1ccc2c(-c3ccccc3)cc(=O)oc2c1)C(=O)[O-]. The van der Waals surface area contributed by atoms with Gasteiger partial charge in [0, 0.05) is 17.5 Å². The fraction of sp³-hybridized carbons (Fsp3) is 0.292. The van der Waals surface area contributed by atoms with Crippen molar-refractivity contribution in [1.82, 2.24) is 5.32 Å². The number of ether oxygens (including phenoxy) is 1. The molecule has 0 radical (unpaired) electrons. The summed E-state index contributed by atoms with van der Waals surface area (Å²) < 4.78 is 11.0. The summed E-state index contributed by atoms with van der Waals surface area (Å²) in [7, 11) is 0. The van der Waals surface area contributed by atoms with E-state index in [1.54, 1.807) is 19.1 Å². The number of carbonyl (C=O) groups excluding carboxylic acids is 2. The Kier molecular flexibility index (Phi) is 6.74. The minimum atomic E-state index is -1.34. The van der Waals surface area contributed by atoms with Gasteiger partial charge in [-0.25, -0.2) is 4.79 Å². The van der Waals surface area contributed by atoms with Crippen molar-refractivity contribution in [3.63, 3.8) is 0 Å². The first-order chi connectivity index (χ1) is 14.8. The molecule has 1 aromatic heterocycles. The topological polar surface area (TPSA) is 109 Å². The number of nitrogens with one attached hydrogen (secondary N) is 1. The van der Waals surface area contributed by atoms with Crippen molar-refractivity contribution in [2.75, 3.05) is 0 Å². The van der Waals surface area contributed by atoms with Crippen LogP contribution < -0.4 is 20.8 Å². The number of amides is 1. The number of benzene rings is 2. The van der Waals surface area contributed by atoms with Gasteiger partial charge in [0.2, 0.25) is 0 Å². The Labute approximate surface area is 179 Å². The maximum absolute atomic E-state index is 12.4. The number of rotatable bonds is 8. The van der Waals surface area contributed by atoms with E-state index in [1.165, 1.54) is 19.1 Å². The van der Waals surface area contributed by atoms with Gasteiger partial charge in [-0.1, -0.05) is 50.6 Å². The molecule has 31 heavy (non-hydrogen) atoms. The van der Waals surface area contributed by atoms with E-state index in [-0.39, 0.29) is 5.92 Å². The molecule has 0 spiro atoms. The summed E-state index contributed by atoms with van der Waals surface area (Å²) in [4.78, 5) is 35.8. The van der Waals surface area contributed by atoms with Crippen LogP contribution in [0, 0.1) is 5.92 Å². The lowest BCUT2D eigenvalue weighted by Gasteiger charge is -2.26. The van der Waals surface area contributed by atoms with Gasteiger partial charge >= 0.3 is 5.63 Å². The van der Waals surface area contributed by atoms with Crippen LogP contribution in [0.2, 0.25) is 0 Å². The molecule has 0 aliphatic heterocycles. The minimum Gasteiger partial charge on any atom is -0.548 e. The van der Waals surface area contributed by atoms with E-state index in [4.69, 9.17) is 9.15 Å². The summed E-state index contributed by atoms with van der Waals surface area (Å²) >= 11 is 0. The molecule has 0 saturated carbocycles. The second-order valence-electron chi connectivity index (χ2n) is 7.45. The lowest BCUT2D eigenvalue weighted by Crippen LogP contribution is -2.54. The van der Waals surface area contributed by atoms with Crippen LogP contribution in [0.3, 0.4) is 0 Å². The third-order valence-electron chi connectivity index (χ3n) is 5.25. The van der Waals surface area contributed by atoms with Gasteiger partial charge < -0.3 is 24.4 Å². The quantitative estimate of drug-likeness (QED) is 0.559. The van der Waals surface area contributed by atoms with E-state index in [0.29, 0.717) is 17.8 Å². The van der Waals surface area contributed by atoms with E-state index < -0.39 is 29.6 Å². The lowest BCUT2D eigenvalue weighted by atomic mass is 9.99. The molecule has 2 aromatic carbocycles. The molecule has 0 aliphatic rings. The minimum absolute atomic E-state index is 0.285. The Hall–Kier alpha value is -3.61. The summed E-state index contributed by atoms with van der Waals surface area (Å²) in [5.41, 5.74) is 1.43. The van der Waals surface area contributed by atoms with Crippen molar-refractivity contribution in [3.8, 4) is 16.9 Å². The molecule has 0 saturated heterocycles. The van der Waals surface area contributed by atoms with Crippen LogP contribution in [0.4, 0.5) is 0 Å². The van der Waals surface area contributed by atoms with Crippen molar-refractivity contribution in [2.45, 2.75) is 39.3 Å². The van der Waals surface area contributed by atoms with Gasteiger partial charge in [-0.3, -0.25) is 4.79 Å². The summed E-state index contributed by atoms with van der Waals surface area (Å²) in [6.07, 6.45) is -0.394. The number of carboxylic acids is 1. The van der Waals surface area contributed by atoms with E-state index in [2.05, 4.69) is 5.32 Å². The molecule has 7 heteroatoms. The largest absolute Gasteiger partial charge is 0.548 e. The predicted molar refractivity (Wildman–Crippen MR) is 114 cm³/mol. The van der Waals surface area contributed by atoms with Crippen LogP contribution in [0.1, 0.15) is 27.2 Å². The molecular weight excluding hydrogens is 398 g/mol. The van der Waals surface area contributed by atoms with Gasteiger partial charge in [-0.2, -0.15) is 0 Å². The van der Waals surface area contributed by atoms with E-state index in [0.717, 1.165) is 16.5 Å². The van der Waals surface area contributed by atoms with E-state index >= 15 is 0 Å². The maximum atomic E-state index is 12.4. The van der Waals surface area contributed by atoms with E-state index in [9.17, 15) is 19.5 Å². The second-order valence-corrected chi connectivity index (χ2v) is 7.45. The number of aliphatic carboxylic acids is 1. The summed E-state index contributed by atoms with van der Waals surface area (Å²) in [5, 5.41) is 14.5. The van der Waals surface area contributed by atoms with Crippen molar-refractivity contribution in [2.24, 2.45) is 5.92 Å². The standard InChI is InChI=1S/C24H25NO6/c1-4-14(2)22(24(28)29)25-23(27)15(3)30-17-10-11-18-19(16-8-6-5-7-9-16)13-21(26)31-20(18)12-17/h5-15,22H,4H2,1-3H3,(H,25,27)(H,28,29)/p-1/t14-,15-,22+/m0/s1.